The monoisotopic (exact) mass is 397 g/mol. The van der Waals surface area contributed by atoms with Crippen molar-refractivity contribution in [3.05, 3.63) is 46.7 Å². The molecule has 1 aliphatic carbocycles. The molecule has 1 aromatic carbocycles. The number of carboxylic acids is 1. The third kappa shape index (κ3) is 6.35. The van der Waals surface area contributed by atoms with E-state index in [9.17, 15) is 20.0 Å². The zero-order chi connectivity index (χ0) is 21.4. The van der Waals surface area contributed by atoms with Crippen molar-refractivity contribution in [2.45, 2.75) is 71.4 Å². The van der Waals surface area contributed by atoms with Crippen LogP contribution in [0.3, 0.4) is 0 Å². The number of nitrogens with zero attached hydrogens (tertiary/aromatic N) is 1. The third-order valence-electron chi connectivity index (χ3n) is 5.29. The number of amides is 1. The Morgan fingerprint density at radius 1 is 1.24 bits per heavy atom. The molecule has 0 aromatic heterocycles. The molecule has 1 amide bonds. The van der Waals surface area contributed by atoms with E-state index in [-0.39, 0.29) is 17.5 Å². The summed E-state index contributed by atoms with van der Waals surface area (Å²) < 4.78 is 0. The van der Waals surface area contributed by atoms with Crippen molar-refractivity contribution in [3.63, 3.8) is 0 Å². The maximum atomic E-state index is 12.6. The summed E-state index contributed by atoms with van der Waals surface area (Å²) in [6.45, 7) is 5.83. The van der Waals surface area contributed by atoms with Crippen LogP contribution in [0.4, 0.5) is 0 Å². The molecule has 0 aliphatic heterocycles. The molecule has 0 spiro atoms. The fourth-order valence-corrected chi connectivity index (χ4v) is 3.67. The smallest absolute Gasteiger partial charge is 0.326 e. The molecule has 156 valence electrons. The van der Waals surface area contributed by atoms with Crippen LogP contribution in [-0.4, -0.2) is 23.0 Å². The highest BCUT2D eigenvalue weighted by molar-refractivity contribution is 5.97. The standard InChI is InChI=1S/C23H31N3O3/c1-4-20(18-10-9-16-7-5-6-8-17(16)12-18)26-22(27)19(13-24)14-25-21(23(28)29)11-15(2)3/h9-10,12,14-15,20-21,25H,4-8,11H2,1-3H3,(H,26,27)(H,28,29)/b19-14-. The van der Waals surface area contributed by atoms with Gasteiger partial charge in [-0.25, -0.2) is 4.79 Å². The van der Waals surface area contributed by atoms with Crippen molar-refractivity contribution in [3.8, 4) is 6.07 Å². The molecule has 1 aliphatic rings. The number of carboxylic acid groups (broad SMARTS) is 1. The lowest BCUT2D eigenvalue weighted by molar-refractivity contribution is -0.139. The van der Waals surface area contributed by atoms with Crippen LogP contribution in [0, 0.1) is 17.2 Å². The van der Waals surface area contributed by atoms with Crippen LogP contribution in [0.25, 0.3) is 0 Å². The van der Waals surface area contributed by atoms with Crippen molar-refractivity contribution in [1.82, 2.24) is 10.6 Å². The molecule has 0 heterocycles. The number of benzene rings is 1. The molecular formula is C23H31N3O3. The highest BCUT2D eigenvalue weighted by Gasteiger charge is 2.20. The summed E-state index contributed by atoms with van der Waals surface area (Å²) in [4.78, 5) is 24.0. The van der Waals surface area contributed by atoms with Gasteiger partial charge in [-0.3, -0.25) is 4.79 Å². The quantitative estimate of drug-likeness (QED) is 0.436. The minimum absolute atomic E-state index is 0.128. The van der Waals surface area contributed by atoms with Gasteiger partial charge in [0.1, 0.15) is 17.7 Å². The minimum atomic E-state index is -1.01. The molecule has 2 unspecified atom stereocenters. The van der Waals surface area contributed by atoms with Gasteiger partial charge in [-0.2, -0.15) is 5.26 Å². The summed E-state index contributed by atoms with van der Waals surface area (Å²) in [6.07, 6.45) is 6.89. The summed E-state index contributed by atoms with van der Waals surface area (Å²) in [5, 5.41) is 24.3. The Labute approximate surface area is 173 Å². The molecule has 2 atom stereocenters. The van der Waals surface area contributed by atoms with Crippen molar-refractivity contribution in [2.24, 2.45) is 5.92 Å². The van der Waals surface area contributed by atoms with E-state index in [0.717, 1.165) is 18.4 Å². The molecular weight excluding hydrogens is 366 g/mol. The average Bonchev–Trinajstić information content (AvgIpc) is 2.70. The summed E-state index contributed by atoms with van der Waals surface area (Å²) in [5.74, 6) is -1.34. The zero-order valence-corrected chi connectivity index (χ0v) is 17.5. The second-order valence-electron chi connectivity index (χ2n) is 8.03. The summed E-state index contributed by atoms with van der Waals surface area (Å²) >= 11 is 0. The number of nitrogens with one attached hydrogen (secondary N) is 2. The average molecular weight is 398 g/mol. The Balaban J connectivity index is 2.10. The summed E-state index contributed by atoms with van der Waals surface area (Å²) in [7, 11) is 0. The second-order valence-corrected chi connectivity index (χ2v) is 8.03. The van der Waals surface area contributed by atoms with Crippen molar-refractivity contribution < 1.29 is 14.7 Å². The number of aliphatic carboxylic acids is 1. The van der Waals surface area contributed by atoms with Crippen molar-refractivity contribution in [2.75, 3.05) is 0 Å². The first kappa shape index (κ1) is 22.5. The van der Waals surface area contributed by atoms with Crippen LogP contribution >= 0.6 is 0 Å². The second kappa shape index (κ2) is 10.7. The van der Waals surface area contributed by atoms with Gasteiger partial charge in [0.2, 0.25) is 0 Å². The predicted molar refractivity (Wildman–Crippen MR) is 112 cm³/mol. The van der Waals surface area contributed by atoms with Gasteiger partial charge in [-0.05, 0) is 61.1 Å². The van der Waals surface area contributed by atoms with Crippen LogP contribution in [-0.2, 0) is 22.4 Å². The number of carbonyl (C=O) groups is 2. The Morgan fingerprint density at radius 2 is 1.93 bits per heavy atom. The van der Waals surface area contributed by atoms with Crippen LogP contribution in [0.1, 0.15) is 69.2 Å². The van der Waals surface area contributed by atoms with E-state index in [2.05, 4.69) is 28.8 Å². The van der Waals surface area contributed by atoms with Crippen LogP contribution < -0.4 is 10.6 Å². The Bertz CT molecular complexity index is 808. The normalized spacial score (nSPS) is 15.8. The van der Waals surface area contributed by atoms with E-state index in [1.807, 2.05) is 26.8 Å². The number of hydrogen-bond donors (Lipinski definition) is 3. The molecule has 1 aromatic rings. The predicted octanol–water partition coefficient (Wildman–Crippen LogP) is 3.63. The van der Waals surface area contributed by atoms with Gasteiger partial charge in [0.05, 0.1) is 6.04 Å². The molecule has 0 fully saturated rings. The van der Waals surface area contributed by atoms with E-state index < -0.39 is 17.9 Å². The number of nitriles is 1. The molecule has 0 radical (unpaired) electrons. The van der Waals surface area contributed by atoms with E-state index >= 15 is 0 Å². The number of hydrogen-bond acceptors (Lipinski definition) is 4. The van der Waals surface area contributed by atoms with Crippen molar-refractivity contribution >= 4 is 11.9 Å². The molecule has 0 bridgehead atoms. The highest BCUT2D eigenvalue weighted by atomic mass is 16.4. The summed E-state index contributed by atoms with van der Waals surface area (Å²) in [5.41, 5.74) is 3.64. The van der Waals surface area contributed by atoms with Gasteiger partial charge in [-0.15, -0.1) is 0 Å². The Hall–Kier alpha value is -2.81. The zero-order valence-electron chi connectivity index (χ0n) is 17.5. The van der Waals surface area contributed by atoms with E-state index in [4.69, 9.17) is 0 Å². The lowest BCUT2D eigenvalue weighted by Crippen LogP contribution is -2.36. The first-order valence-corrected chi connectivity index (χ1v) is 10.4. The maximum Gasteiger partial charge on any atom is 0.326 e. The van der Waals surface area contributed by atoms with E-state index in [0.29, 0.717) is 12.8 Å². The van der Waals surface area contributed by atoms with Gasteiger partial charge in [-0.1, -0.05) is 39.0 Å². The molecule has 0 saturated carbocycles. The summed E-state index contributed by atoms with van der Waals surface area (Å²) in [6, 6.07) is 7.20. The van der Waals surface area contributed by atoms with E-state index in [1.54, 1.807) is 0 Å². The minimum Gasteiger partial charge on any atom is -0.480 e. The van der Waals surface area contributed by atoms with Crippen LogP contribution in [0.5, 0.6) is 0 Å². The van der Waals surface area contributed by atoms with Gasteiger partial charge >= 0.3 is 5.97 Å². The largest absolute Gasteiger partial charge is 0.480 e. The van der Waals surface area contributed by atoms with Gasteiger partial charge < -0.3 is 15.7 Å². The number of fused-ring (bicyclic) bond motifs is 1. The van der Waals surface area contributed by atoms with Crippen LogP contribution in [0.15, 0.2) is 30.0 Å². The molecule has 2 rings (SSSR count). The molecule has 0 saturated heterocycles. The Morgan fingerprint density at radius 3 is 2.52 bits per heavy atom. The van der Waals surface area contributed by atoms with Crippen LogP contribution in [0.2, 0.25) is 0 Å². The third-order valence-corrected chi connectivity index (χ3v) is 5.29. The Kier molecular flexibility index (Phi) is 8.26. The fourth-order valence-electron chi connectivity index (χ4n) is 3.67. The number of aryl methyl sites for hydroxylation is 2. The molecule has 6 heteroatoms. The van der Waals surface area contributed by atoms with Crippen molar-refractivity contribution in [1.29, 1.82) is 5.26 Å². The number of carbonyl (C=O) groups excluding carboxylic acids is 1. The highest BCUT2D eigenvalue weighted by Crippen LogP contribution is 2.26. The van der Waals surface area contributed by atoms with Gasteiger partial charge in [0.25, 0.3) is 5.91 Å². The topological polar surface area (TPSA) is 102 Å². The maximum absolute atomic E-state index is 12.6. The molecule has 3 N–H and O–H groups in total. The SMILES string of the molecule is CCC(NC(=O)/C(C#N)=C\NC(CC(C)C)C(=O)O)c1ccc2c(c1)CCCC2. The lowest BCUT2D eigenvalue weighted by Gasteiger charge is -2.22. The first-order chi connectivity index (χ1) is 13.8. The molecule has 29 heavy (non-hydrogen) atoms. The lowest BCUT2D eigenvalue weighted by atomic mass is 9.88. The van der Waals surface area contributed by atoms with E-state index in [1.165, 1.54) is 30.2 Å². The first-order valence-electron chi connectivity index (χ1n) is 10.4. The number of rotatable bonds is 9. The molecule has 6 nitrogen and oxygen atoms in total. The fraction of sp³-hybridized carbons (Fsp3) is 0.522. The van der Waals surface area contributed by atoms with Gasteiger partial charge in [0, 0.05) is 6.20 Å². The van der Waals surface area contributed by atoms with Gasteiger partial charge in [0.15, 0.2) is 0 Å².